The highest BCUT2D eigenvalue weighted by Gasteiger charge is 2.29. The molecule has 0 saturated heterocycles. The monoisotopic (exact) mass is 445 g/mol. The van der Waals surface area contributed by atoms with Gasteiger partial charge in [0.15, 0.2) is 0 Å². The summed E-state index contributed by atoms with van der Waals surface area (Å²) in [7, 11) is 0. The number of hydrogen-bond donors (Lipinski definition) is 0. The van der Waals surface area contributed by atoms with Gasteiger partial charge < -0.3 is 14.2 Å². The smallest absolute Gasteiger partial charge is 0.443 e. The van der Waals surface area contributed by atoms with Crippen molar-refractivity contribution in [3.63, 3.8) is 0 Å². The lowest BCUT2D eigenvalue weighted by atomic mass is 10.2. The minimum absolute atomic E-state index is 0.0394. The van der Waals surface area contributed by atoms with Gasteiger partial charge in [0.05, 0.1) is 21.3 Å². The minimum atomic E-state index is -1.16. The molecule has 0 aromatic heterocycles. The van der Waals surface area contributed by atoms with Crippen LogP contribution in [0.3, 0.4) is 0 Å². The van der Waals surface area contributed by atoms with Gasteiger partial charge in [0.25, 0.3) is 0 Å². The van der Waals surface area contributed by atoms with Crippen LogP contribution in [0, 0.1) is 0 Å². The van der Waals surface area contributed by atoms with Crippen LogP contribution >= 0.6 is 23.2 Å². The van der Waals surface area contributed by atoms with Crippen molar-refractivity contribution in [1.29, 1.82) is 0 Å². The molecule has 0 aliphatic rings. The summed E-state index contributed by atoms with van der Waals surface area (Å²) < 4.78 is 14.9. The maximum atomic E-state index is 12.6. The summed E-state index contributed by atoms with van der Waals surface area (Å²) in [6.45, 7) is 15.3. The Labute approximate surface area is 180 Å². The van der Waals surface area contributed by atoms with Gasteiger partial charge in [0.1, 0.15) is 11.2 Å². The Hall–Kier alpha value is -2.25. The maximum Gasteiger partial charge on any atom is 0.516 e. The largest absolute Gasteiger partial charge is 0.516 e. The van der Waals surface area contributed by atoms with Gasteiger partial charge in [0, 0.05) is 5.70 Å². The van der Waals surface area contributed by atoms with Gasteiger partial charge in [-0.2, -0.15) is 0 Å². The third-order valence-corrected chi connectivity index (χ3v) is 3.58. The van der Waals surface area contributed by atoms with Gasteiger partial charge in [-0.1, -0.05) is 29.8 Å². The van der Waals surface area contributed by atoms with Crippen LogP contribution in [-0.4, -0.2) is 29.4 Å². The van der Waals surface area contributed by atoms with Crippen LogP contribution in [0.5, 0.6) is 0 Å². The molecule has 0 unspecified atom stereocenters. The molecule has 0 radical (unpaired) electrons. The Balaban J connectivity index is 3.21. The molecular weight excluding hydrogens is 421 g/mol. The van der Waals surface area contributed by atoms with Crippen LogP contribution in [0.2, 0.25) is 10.0 Å². The number of nitrogens with zero attached hydrogens (tertiary/aromatic N) is 1. The predicted octanol–water partition coefficient (Wildman–Crippen LogP) is 6.36. The first-order chi connectivity index (χ1) is 13.0. The molecular formula is C20H25Cl2NO6. The molecule has 0 aliphatic heterocycles. The number of amides is 1. The van der Waals surface area contributed by atoms with Crippen LogP contribution in [0.25, 0.3) is 0 Å². The second-order valence-electron chi connectivity index (χ2n) is 8.19. The first kappa shape index (κ1) is 24.8. The molecule has 0 aliphatic carbocycles. The molecule has 9 heteroatoms. The average Bonchev–Trinajstić information content (AvgIpc) is 2.45. The van der Waals surface area contributed by atoms with Gasteiger partial charge in [-0.15, -0.1) is 0 Å². The first-order valence-corrected chi connectivity index (χ1v) is 9.40. The van der Waals surface area contributed by atoms with E-state index in [1.165, 1.54) is 12.1 Å². The molecule has 1 rings (SSSR count). The molecule has 0 atom stereocenters. The molecule has 7 nitrogen and oxygen atoms in total. The highest BCUT2D eigenvalue weighted by molar-refractivity contribution is 6.40. The average molecular weight is 446 g/mol. The van der Waals surface area contributed by atoms with E-state index in [9.17, 15) is 14.4 Å². The van der Waals surface area contributed by atoms with Crippen molar-refractivity contribution in [3.8, 4) is 0 Å². The molecule has 0 saturated carbocycles. The van der Waals surface area contributed by atoms with Crippen LogP contribution < -0.4 is 4.90 Å². The molecule has 0 bridgehead atoms. The Morgan fingerprint density at radius 3 is 1.76 bits per heavy atom. The maximum absolute atomic E-state index is 12.6. The van der Waals surface area contributed by atoms with Gasteiger partial charge in [-0.3, -0.25) is 0 Å². The highest BCUT2D eigenvalue weighted by atomic mass is 35.5. The fourth-order valence-electron chi connectivity index (χ4n) is 2.05. The van der Waals surface area contributed by atoms with E-state index in [4.69, 9.17) is 32.7 Å². The van der Waals surface area contributed by atoms with Crippen molar-refractivity contribution >= 4 is 47.1 Å². The van der Waals surface area contributed by atoms with E-state index >= 15 is 0 Å². The third-order valence-electron chi connectivity index (χ3n) is 3.00. The summed E-state index contributed by atoms with van der Waals surface area (Å²) in [6, 6.07) is 2.44. The van der Waals surface area contributed by atoms with Crippen LogP contribution in [0.15, 0.2) is 24.4 Å². The van der Waals surface area contributed by atoms with Crippen LogP contribution in [-0.2, 0) is 14.2 Å². The second-order valence-corrected chi connectivity index (χ2v) is 9.01. The summed E-state index contributed by atoms with van der Waals surface area (Å²) in [4.78, 5) is 37.6. The number of benzene rings is 1. The van der Waals surface area contributed by atoms with E-state index in [-0.39, 0.29) is 21.3 Å². The lowest BCUT2D eigenvalue weighted by Crippen LogP contribution is -2.36. The van der Waals surface area contributed by atoms with Crippen molar-refractivity contribution < 1.29 is 28.6 Å². The molecule has 1 aromatic rings. The van der Waals surface area contributed by atoms with Gasteiger partial charge in [0.2, 0.25) is 0 Å². The quantitative estimate of drug-likeness (QED) is 0.397. The number of carbonyl (C=O) groups excluding carboxylic acids is 3. The molecule has 0 N–H and O–H groups in total. The van der Waals surface area contributed by atoms with Gasteiger partial charge >= 0.3 is 18.2 Å². The summed E-state index contributed by atoms with van der Waals surface area (Å²) in [5, 5.41) is -0.0787. The fraction of sp³-hybridized carbons (Fsp3) is 0.450. The lowest BCUT2D eigenvalue weighted by Gasteiger charge is -2.28. The van der Waals surface area contributed by atoms with Gasteiger partial charge in [-0.05, 0) is 60.6 Å². The van der Waals surface area contributed by atoms with Crippen LogP contribution in [0.1, 0.15) is 58.8 Å². The molecule has 0 spiro atoms. The van der Waals surface area contributed by atoms with E-state index in [1.54, 1.807) is 48.5 Å². The van der Waals surface area contributed by atoms with Crippen LogP contribution in [0.4, 0.5) is 15.3 Å². The van der Waals surface area contributed by atoms with Crippen molar-refractivity contribution in [2.45, 2.75) is 59.7 Å². The molecule has 1 aromatic carbocycles. The summed E-state index contributed by atoms with van der Waals surface area (Å²) >= 11 is 12.6. The summed E-state index contributed by atoms with van der Waals surface area (Å²) in [5.74, 6) is -1.01. The predicted molar refractivity (Wildman–Crippen MR) is 112 cm³/mol. The Morgan fingerprint density at radius 1 is 0.931 bits per heavy atom. The Morgan fingerprint density at radius 2 is 1.38 bits per heavy atom. The summed E-state index contributed by atoms with van der Waals surface area (Å²) in [5.41, 5.74) is -1.30. The zero-order valence-corrected chi connectivity index (χ0v) is 19.0. The van der Waals surface area contributed by atoms with E-state index in [2.05, 4.69) is 11.3 Å². The summed E-state index contributed by atoms with van der Waals surface area (Å²) in [6.07, 6.45) is -1.89. The zero-order chi connectivity index (χ0) is 22.7. The van der Waals surface area contributed by atoms with Gasteiger partial charge in [-0.25, -0.2) is 19.3 Å². The number of halogens is 2. The molecule has 1 amide bonds. The normalized spacial score (nSPS) is 11.5. The lowest BCUT2D eigenvalue weighted by molar-refractivity contribution is -0.00158. The number of allylic oxidation sites excluding steroid dienone is 1. The highest BCUT2D eigenvalue weighted by Crippen LogP contribution is 2.38. The fourth-order valence-corrected chi connectivity index (χ4v) is 2.70. The number of anilines is 1. The Kier molecular flexibility index (Phi) is 7.73. The number of hydrogen-bond acceptors (Lipinski definition) is 6. The molecule has 160 valence electrons. The van der Waals surface area contributed by atoms with E-state index in [0.717, 1.165) is 4.90 Å². The topological polar surface area (TPSA) is 82.1 Å². The standard InChI is InChI=1S/C20H25Cl2NO6/c1-11(2)23(17(25)28-19(3,4)5)15-13(21)9-12(10-14(15)22)16(24)27-18(26)29-20(6,7)8/h9-10H,1H2,2-8H3. The molecule has 0 fully saturated rings. The number of ether oxygens (including phenoxy) is 3. The molecule has 0 heterocycles. The van der Waals surface area contributed by atoms with Crippen molar-refractivity contribution in [1.82, 2.24) is 0 Å². The van der Waals surface area contributed by atoms with E-state index < -0.39 is 29.4 Å². The third kappa shape index (κ3) is 7.59. The number of carbonyl (C=O) groups is 3. The zero-order valence-electron chi connectivity index (χ0n) is 17.5. The van der Waals surface area contributed by atoms with Crippen molar-refractivity contribution in [2.75, 3.05) is 4.90 Å². The SMILES string of the molecule is C=C(C)N(C(=O)OC(C)(C)C)c1c(Cl)cc(C(=O)OC(=O)OC(C)(C)C)cc1Cl. The van der Waals surface area contributed by atoms with E-state index in [1.807, 2.05) is 0 Å². The first-order valence-electron chi connectivity index (χ1n) is 8.64. The van der Waals surface area contributed by atoms with E-state index in [0.29, 0.717) is 5.70 Å². The number of esters is 1. The molecule has 29 heavy (non-hydrogen) atoms. The minimum Gasteiger partial charge on any atom is -0.443 e. The Bertz CT molecular complexity index is 813. The second kappa shape index (κ2) is 9.05. The van der Waals surface area contributed by atoms with Crippen molar-refractivity contribution in [3.05, 3.63) is 40.0 Å². The van der Waals surface area contributed by atoms with Crippen molar-refractivity contribution in [2.24, 2.45) is 0 Å². The number of rotatable bonds is 3.